The highest BCUT2D eigenvalue weighted by Crippen LogP contribution is 2.28. The van der Waals surface area contributed by atoms with Crippen LogP contribution in [-0.2, 0) is 6.54 Å². The maximum Gasteiger partial charge on any atom is 0.232 e. The van der Waals surface area contributed by atoms with Gasteiger partial charge in [0, 0.05) is 32.0 Å². The molecule has 0 unspecified atom stereocenters. The third kappa shape index (κ3) is 2.98. The molecule has 1 aliphatic rings. The van der Waals surface area contributed by atoms with E-state index in [1.807, 2.05) is 12.1 Å². The van der Waals surface area contributed by atoms with Crippen LogP contribution < -0.4 is 4.74 Å². The molecule has 0 atom stereocenters. The van der Waals surface area contributed by atoms with Crippen LogP contribution in [0.5, 0.6) is 5.75 Å². The molecule has 0 radical (unpaired) electrons. The Bertz CT molecular complexity index is 797. The van der Waals surface area contributed by atoms with Gasteiger partial charge in [-0.15, -0.1) is 0 Å². The molecule has 122 valence electrons. The Morgan fingerprint density at radius 3 is 2.75 bits per heavy atom. The van der Waals surface area contributed by atoms with Crippen LogP contribution in [0.2, 0.25) is 0 Å². The van der Waals surface area contributed by atoms with Crippen LogP contribution in [-0.4, -0.2) is 45.2 Å². The van der Waals surface area contributed by atoms with Gasteiger partial charge in [-0.25, -0.2) is 4.98 Å². The largest absolute Gasteiger partial charge is 0.497 e. The van der Waals surface area contributed by atoms with Gasteiger partial charge >= 0.3 is 0 Å². The van der Waals surface area contributed by atoms with Gasteiger partial charge in [0.25, 0.3) is 0 Å². The molecule has 0 N–H and O–H groups in total. The Balaban J connectivity index is 1.35. The number of likely N-dealkylation sites (tertiary alicyclic amines) is 1. The van der Waals surface area contributed by atoms with Crippen LogP contribution in [0.1, 0.15) is 17.4 Å². The van der Waals surface area contributed by atoms with Crippen LogP contribution in [0, 0.1) is 0 Å². The van der Waals surface area contributed by atoms with Crippen molar-refractivity contribution in [2.75, 3.05) is 20.2 Å². The van der Waals surface area contributed by atoms with E-state index < -0.39 is 0 Å². The van der Waals surface area contributed by atoms with E-state index in [1.165, 1.54) is 5.56 Å². The normalized spacial score (nSPS) is 15.2. The van der Waals surface area contributed by atoms with Gasteiger partial charge in [-0.3, -0.25) is 9.88 Å². The van der Waals surface area contributed by atoms with Gasteiger partial charge in [0.15, 0.2) is 0 Å². The lowest BCUT2D eigenvalue weighted by Crippen LogP contribution is -2.44. The third-order valence-corrected chi connectivity index (χ3v) is 4.11. The van der Waals surface area contributed by atoms with Crippen LogP contribution in [0.25, 0.3) is 11.5 Å². The summed E-state index contributed by atoms with van der Waals surface area (Å²) in [6, 6.07) is 8.14. The first-order valence-electron chi connectivity index (χ1n) is 7.77. The number of ether oxygens (including phenoxy) is 1. The van der Waals surface area contributed by atoms with Gasteiger partial charge in [-0.05, 0) is 17.7 Å². The van der Waals surface area contributed by atoms with Crippen molar-refractivity contribution in [2.45, 2.75) is 12.5 Å². The van der Waals surface area contributed by atoms with E-state index in [1.54, 1.807) is 25.7 Å². The Hall–Kier alpha value is -2.80. The summed E-state index contributed by atoms with van der Waals surface area (Å²) < 4.78 is 10.6. The van der Waals surface area contributed by atoms with Crippen molar-refractivity contribution in [1.82, 2.24) is 25.0 Å². The first-order chi connectivity index (χ1) is 11.8. The zero-order chi connectivity index (χ0) is 16.4. The molecule has 0 aliphatic carbocycles. The number of hydrogen-bond donors (Lipinski definition) is 0. The van der Waals surface area contributed by atoms with Gasteiger partial charge in [0.05, 0.1) is 19.2 Å². The predicted molar refractivity (Wildman–Crippen MR) is 86.3 cm³/mol. The van der Waals surface area contributed by atoms with Crippen LogP contribution in [0.15, 0.2) is 47.4 Å². The fourth-order valence-electron chi connectivity index (χ4n) is 2.76. The van der Waals surface area contributed by atoms with E-state index in [4.69, 9.17) is 9.26 Å². The molecule has 0 amide bonds. The number of nitrogens with zero attached hydrogens (tertiary/aromatic N) is 5. The molecule has 1 fully saturated rings. The molecule has 4 rings (SSSR count). The highest BCUT2D eigenvalue weighted by atomic mass is 16.5. The minimum absolute atomic E-state index is 0.279. The van der Waals surface area contributed by atoms with Crippen LogP contribution in [0.3, 0.4) is 0 Å². The lowest BCUT2D eigenvalue weighted by atomic mass is 9.99. The maximum atomic E-state index is 5.38. The number of aromatic nitrogens is 4. The molecule has 1 aromatic carbocycles. The molecule has 3 heterocycles. The van der Waals surface area contributed by atoms with Crippen molar-refractivity contribution in [3.8, 4) is 17.3 Å². The number of benzene rings is 1. The summed E-state index contributed by atoms with van der Waals surface area (Å²) in [6.07, 6.45) is 4.87. The molecule has 24 heavy (non-hydrogen) atoms. The minimum Gasteiger partial charge on any atom is -0.497 e. The average molecular weight is 323 g/mol. The van der Waals surface area contributed by atoms with E-state index in [0.29, 0.717) is 17.4 Å². The van der Waals surface area contributed by atoms with Gasteiger partial charge in [0.1, 0.15) is 11.4 Å². The Kier molecular flexibility index (Phi) is 3.92. The second-order valence-corrected chi connectivity index (χ2v) is 5.79. The monoisotopic (exact) mass is 323 g/mol. The molecule has 3 aromatic rings. The SMILES string of the molecule is COc1ccc(CN2CC(c3nc(-c4cnccn4)no3)C2)cc1. The van der Waals surface area contributed by atoms with Crippen LogP contribution in [0.4, 0.5) is 0 Å². The number of methoxy groups -OCH3 is 1. The van der Waals surface area contributed by atoms with E-state index >= 15 is 0 Å². The van der Waals surface area contributed by atoms with Gasteiger partial charge in [-0.1, -0.05) is 17.3 Å². The number of rotatable bonds is 5. The van der Waals surface area contributed by atoms with Crippen molar-refractivity contribution in [1.29, 1.82) is 0 Å². The summed E-state index contributed by atoms with van der Waals surface area (Å²) in [6.45, 7) is 2.73. The van der Waals surface area contributed by atoms with Gasteiger partial charge < -0.3 is 9.26 Å². The van der Waals surface area contributed by atoms with E-state index in [0.717, 1.165) is 25.4 Å². The van der Waals surface area contributed by atoms with Crippen molar-refractivity contribution < 1.29 is 9.26 Å². The first kappa shape index (κ1) is 14.8. The Morgan fingerprint density at radius 2 is 2.04 bits per heavy atom. The zero-order valence-corrected chi connectivity index (χ0v) is 13.3. The van der Waals surface area contributed by atoms with Crippen molar-refractivity contribution >= 4 is 0 Å². The summed E-state index contributed by atoms with van der Waals surface area (Å²) in [4.78, 5) is 15.0. The molecule has 1 aliphatic heterocycles. The lowest BCUT2D eigenvalue weighted by Gasteiger charge is -2.37. The van der Waals surface area contributed by atoms with Gasteiger partial charge in [0.2, 0.25) is 11.7 Å². The van der Waals surface area contributed by atoms with E-state index in [2.05, 4.69) is 37.1 Å². The fourth-order valence-corrected chi connectivity index (χ4v) is 2.76. The first-order valence-corrected chi connectivity index (χ1v) is 7.77. The highest BCUT2D eigenvalue weighted by Gasteiger charge is 2.32. The second kappa shape index (κ2) is 6.37. The molecular weight excluding hydrogens is 306 g/mol. The highest BCUT2D eigenvalue weighted by molar-refractivity contribution is 5.45. The molecule has 7 heteroatoms. The third-order valence-electron chi connectivity index (χ3n) is 4.11. The molecule has 0 saturated carbocycles. The summed E-state index contributed by atoms with van der Waals surface area (Å²) in [5, 5.41) is 4.00. The summed E-state index contributed by atoms with van der Waals surface area (Å²) in [5.41, 5.74) is 1.89. The molecule has 1 saturated heterocycles. The van der Waals surface area contributed by atoms with Gasteiger partial charge in [-0.2, -0.15) is 4.98 Å². The Labute approximate surface area is 139 Å². The zero-order valence-electron chi connectivity index (χ0n) is 13.3. The summed E-state index contributed by atoms with van der Waals surface area (Å²) in [7, 11) is 1.68. The molecule has 0 bridgehead atoms. The predicted octanol–water partition coefficient (Wildman–Crippen LogP) is 2.13. The second-order valence-electron chi connectivity index (χ2n) is 5.79. The summed E-state index contributed by atoms with van der Waals surface area (Å²) in [5.74, 6) is 2.32. The maximum absolute atomic E-state index is 5.38. The topological polar surface area (TPSA) is 77.2 Å². The van der Waals surface area contributed by atoms with Crippen molar-refractivity contribution in [2.24, 2.45) is 0 Å². The smallest absolute Gasteiger partial charge is 0.232 e. The summed E-state index contributed by atoms with van der Waals surface area (Å²) >= 11 is 0. The standard InChI is InChI=1S/C17H17N5O2/c1-23-14-4-2-12(3-5-14)9-22-10-13(11-22)17-20-16(21-24-17)15-8-18-6-7-19-15/h2-8,13H,9-11H2,1H3. The van der Waals surface area contributed by atoms with Crippen molar-refractivity contribution in [3.63, 3.8) is 0 Å². The van der Waals surface area contributed by atoms with Crippen LogP contribution >= 0.6 is 0 Å². The number of hydrogen-bond acceptors (Lipinski definition) is 7. The van der Waals surface area contributed by atoms with E-state index in [-0.39, 0.29) is 5.92 Å². The molecular formula is C17H17N5O2. The molecule has 0 spiro atoms. The Morgan fingerprint density at radius 1 is 1.21 bits per heavy atom. The van der Waals surface area contributed by atoms with Crippen molar-refractivity contribution in [3.05, 3.63) is 54.3 Å². The van der Waals surface area contributed by atoms with E-state index in [9.17, 15) is 0 Å². The molecule has 2 aromatic heterocycles. The lowest BCUT2D eigenvalue weighted by molar-refractivity contribution is 0.117. The average Bonchev–Trinajstić information content (AvgIpc) is 3.08. The minimum atomic E-state index is 0.279. The molecule has 7 nitrogen and oxygen atoms in total. The fraction of sp³-hybridized carbons (Fsp3) is 0.294. The quantitative estimate of drug-likeness (QED) is 0.712.